The van der Waals surface area contributed by atoms with E-state index in [2.05, 4.69) is 4.57 Å². The van der Waals surface area contributed by atoms with E-state index in [-0.39, 0.29) is 18.5 Å². The fourth-order valence-electron chi connectivity index (χ4n) is 3.24. The quantitative estimate of drug-likeness (QED) is 0.838. The molecule has 0 N–H and O–H groups in total. The number of sulfonamides is 1. The maximum atomic E-state index is 12.8. The van der Waals surface area contributed by atoms with Crippen molar-refractivity contribution in [3.63, 3.8) is 0 Å². The topological polar surface area (TPSA) is 62.6 Å². The molecular formula is C18H23N3O3S. The third kappa shape index (κ3) is 3.56. The van der Waals surface area contributed by atoms with Crippen LogP contribution < -0.4 is 4.31 Å². The molecule has 1 aromatic carbocycles. The molecule has 0 saturated heterocycles. The molecule has 0 radical (unpaired) electrons. The van der Waals surface area contributed by atoms with Gasteiger partial charge in [-0.2, -0.15) is 0 Å². The van der Waals surface area contributed by atoms with Crippen LogP contribution in [0.15, 0.2) is 42.6 Å². The van der Waals surface area contributed by atoms with Gasteiger partial charge in [-0.05, 0) is 38.1 Å². The SMILES string of the molecule is Cc1ccc(N(CC(=O)N2CCn3cccc3C2C)S(C)(=O)=O)cc1. The molecule has 1 aliphatic heterocycles. The summed E-state index contributed by atoms with van der Waals surface area (Å²) in [6, 6.07) is 11.0. The smallest absolute Gasteiger partial charge is 0.243 e. The van der Waals surface area contributed by atoms with Gasteiger partial charge in [0.15, 0.2) is 0 Å². The molecule has 0 aliphatic carbocycles. The molecule has 6 nitrogen and oxygen atoms in total. The molecule has 0 spiro atoms. The maximum absolute atomic E-state index is 12.8. The molecule has 2 heterocycles. The standard InChI is InChI=1S/C18H23N3O3S/c1-14-6-8-16(9-7-14)21(25(3,23)24)13-18(22)20-12-11-19-10-4-5-17(19)15(20)2/h4-10,15H,11-13H2,1-3H3. The molecular weight excluding hydrogens is 338 g/mol. The molecule has 7 heteroatoms. The van der Waals surface area contributed by atoms with Crippen molar-refractivity contribution >= 4 is 21.6 Å². The van der Waals surface area contributed by atoms with E-state index in [9.17, 15) is 13.2 Å². The van der Waals surface area contributed by atoms with Crippen LogP contribution in [-0.2, 0) is 21.4 Å². The van der Waals surface area contributed by atoms with E-state index in [1.54, 1.807) is 17.0 Å². The van der Waals surface area contributed by atoms with Gasteiger partial charge < -0.3 is 9.47 Å². The third-order valence-corrected chi connectivity index (χ3v) is 5.80. The zero-order valence-electron chi connectivity index (χ0n) is 14.7. The van der Waals surface area contributed by atoms with Crippen LogP contribution in [0, 0.1) is 6.92 Å². The molecule has 1 amide bonds. The zero-order valence-corrected chi connectivity index (χ0v) is 15.5. The summed E-state index contributed by atoms with van der Waals surface area (Å²) in [5, 5.41) is 0. The third-order valence-electron chi connectivity index (χ3n) is 4.66. The van der Waals surface area contributed by atoms with Gasteiger partial charge >= 0.3 is 0 Å². The normalized spacial score (nSPS) is 17.2. The molecule has 0 fully saturated rings. The van der Waals surface area contributed by atoms with Gasteiger partial charge in [0, 0.05) is 25.0 Å². The highest BCUT2D eigenvalue weighted by atomic mass is 32.2. The highest BCUT2D eigenvalue weighted by Gasteiger charge is 2.30. The minimum Gasteiger partial charge on any atom is -0.348 e. The Kier molecular flexibility index (Phi) is 4.60. The van der Waals surface area contributed by atoms with Crippen LogP contribution in [0.4, 0.5) is 5.69 Å². The lowest BCUT2D eigenvalue weighted by atomic mass is 10.1. The maximum Gasteiger partial charge on any atom is 0.243 e. The summed E-state index contributed by atoms with van der Waals surface area (Å²) in [5.41, 5.74) is 2.62. The van der Waals surface area contributed by atoms with Crippen molar-refractivity contribution < 1.29 is 13.2 Å². The Labute approximate surface area is 148 Å². The Balaban J connectivity index is 1.83. The van der Waals surface area contributed by atoms with Crippen LogP contribution in [-0.4, -0.2) is 43.1 Å². The van der Waals surface area contributed by atoms with Crippen molar-refractivity contribution in [1.29, 1.82) is 0 Å². The molecule has 1 atom stereocenters. The summed E-state index contributed by atoms with van der Waals surface area (Å²) in [4.78, 5) is 14.6. The second-order valence-corrected chi connectivity index (χ2v) is 8.40. The summed E-state index contributed by atoms with van der Waals surface area (Å²) < 4.78 is 27.8. The van der Waals surface area contributed by atoms with Gasteiger partial charge in [-0.25, -0.2) is 8.42 Å². The second kappa shape index (κ2) is 6.55. The van der Waals surface area contributed by atoms with Gasteiger partial charge in [-0.15, -0.1) is 0 Å². The van der Waals surface area contributed by atoms with E-state index in [0.29, 0.717) is 12.2 Å². The van der Waals surface area contributed by atoms with Crippen LogP contribution in [0.5, 0.6) is 0 Å². The summed E-state index contributed by atoms with van der Waals surface area (Å²) in [6.45, 7) is 5.02. The first kappa shape index (κ1) is 17.5. The van der Waals surface area contributed by atoms with Crippen molar-refractivity contribution in [2.75, 3.05) is 23.7 Å². The van der Waals surface area contributed by atoms with Gasteiger partial charge in [-0.3, -0.25) is 9.10 Å². The number of hydrogen-bond acceptors (Lipinski definition) is 3. The number of aromatic nitrogens is 1. The minimum atomic E-state index is -3.55. The molecule has 25 heavy (non-hydrogen) atoms. The largest absolute Gasteiger partial charge is 0.348 e. The lowest BCUT2D eigenvalue weighted by Gasteiger charge is -2.36. The van der Waals surface area contributed by atoms with E-state index < -0.39 is 10.0 Å². The molecule has 1 aromatic heterocycles. The Hall–Kier alpha value is -2.28. The average Bonchev–Trinajstić information content (AvgIpc) is 3.02. The average molecular weight is 361 g/mol. The van der Waals surface area contributed by atoms with Gasteiger partial charge in [0.1, 0.15) is 6.54 Å². The van der Waals surface area contributed by atoms with E-state index in [1.807, 2.05) is 44.3 Å². The Morgan fingerprint density at radius 1 is 1.20 bits per heavy atom. The molecule has 1 unspecified atom stereocenters. The van der Waals surface area contributed by atoms with Crippen LogP contribution in [0.2, 0.25) is 0 Å². The minimum absolute atomic E-state index is 0.0734. The fourth-order valence-corrected chi connectivity index (χ4v) is 4.09. The molecule has 0 bridgehead atoms. The van der Waals surface area contributed by atoms with Gasteiger partial charge in [0.05, 0.1) is 18.0 Å². The predicted octanol–water partition coefficient (Wildman–Crippen LogP) is 2.17. The lowest BCUT2D eigenvalue weighted by Crippen LogP contribution is -2.46. The number of rotatable bonds is 4. The summed E-state index contributed by atoms with van der Waals surface area (Å²) in [7, 11) is -3.55. The molecule has 3 rings (SSSR count). The highest BCUT2D eigenvalue weighted by Crippen LogP contribution is 2.26. The highest BCUT2D eigenvalue weighted by molar-refractivity contribution is 7.92. The molecule has 1 aliphatic rings. The van der Waals surface area contributed by atoms with Crippen molar-refractivity contribution in [2.45, 2.75) is 26.4 Å². The molecule has 2 aromatic rings. The van der Waals surface area contributed by atoms with E-state index in [0.717, 1.165) is 24.1 Å². The zero-order chi connectivity index (χ0) is 18.2. The van der Waals surface area contributed by atoms with E-state index in [4.69, 9.17) is 0 Å². The first-order valence-electron chi connectivity index (χ1n) is 8.26. The number of amides is 1. The number of anilines is 1. The number of fused-ring (bicyclic) bond motifs is 1. The number of carbonyl (C=O) groups excluding carboxylic acids is 1. The number of carbonyl (C=O) groups is 1. The van der Waals surface area contributed by atoms with Gasteiger partial charge in [-0.1, -0.05) is 17.7 Å². The first-order chi connectivity index (χ1) is 11.8. The fraction of sp³-hybridized carbons (Fsp3) is 0.389. The predicted molar refractivity (Wildman–Crippen MR) is 97.9 cm³/mol. The number of benzene rings is 1. The lowest BCUT2D eigenvalue weighted by molar-refractivity contribution is -0.132. The van der Waals surface area contributed by atoms with E-state index in [1.165, 1.54) is 4.31 Å². The van der Waals surface area contributed by atoms with Crippen molar-refractivity contribution in [1.82, 2.24) is 9.47 Å². The van der Waals surface area contributed by atoms with Crippen LogP contribution in [0.3, 0.4) is 0 Å². The molecule has 134 valence electrons. The van der Waals surface area contributed by atoms with E-state index >= 15 is 0 Å². The van der Waals surface area contributed by atoms with Crippen molar-refractivity contribution in [3.8, 4) is 0 Å². The van der Waals surface area contributed by atoms with Crippen LogP contribution in [0.25, 0.3) is 0 Å². The number of aryl methyl sites for hydroxylation is 1. The Morgan fingerprint density at radius 2 is 1.88 bits per heavy atom. The van der Waals surface area contributed by atoms with Gasteiger partial charge in [0.2, 0.25) is 15.9 Å². The Morgan fingerprint density at radius 3 is 2.52 bits per heavy atom. The van der Waals surface area contributed by atoms with Crippen molar-refractivity contribution in [3.05, 3.63) is 53.9 Å². The first-order valence-corrected chi connectivity index (χ1v) is 10.1. The van der Waals surface area contributed by atoms with Crippen LogP contribution >= 0.6 is 0 Å². The monoisotopic (exact) mass is 361 g/mol. The molecule has 0 saturated carbocycles. The summed E-state index contributed by atoms with van der Waals surface area (Å²) in [6.07, 6.45) is 3.13. The summed E-state index contributed by atoms with van der Waals surface area (Å²) in [5.74, 6) is -0.189. The Bertz CT molecular complexity index is 871. The van der Waals surface area contributed by atoms with Crippen LogP contribution in [0.1, 0.15) is 24.2 Å². The second-order valence-electron chi connectivity index (χ2n) is 6.49. The van der Waals surface area contributed by atoms with Crippen molar-refractivity contribution in [2.24, 2.45) is 0 Å². The van der Waals surface area contributed by atoms with Gasteiger partial charge in [0.25, 0.3) is 0 Å². The summed E-state index contributed by atoms with van der Waals surface area (Å²) >= 11 is 0. The number of hydrogen-bond donors (Lipinski definition) is 0. The number of nitrogens with zero attached hydrogens (tertiary/aromatic N) is 3.